The number of amides is 1. The second kappa shape index (κ2) is 7.10. The minimum absolute atomic E-state index is 0.318. The molecule has 0 spiro atoms. The van der Waals surface area contributed by atoms with Gasteiger partial charge in [0.05, 0.1) is 0 Å². The van der Waals surface area contributed by atoms with Crippen LogP contribution in [0.4, 0.5) is 4.79 Å². The van der Waals surface area contributed by atoms with Gasteiger partial charge in [-0.2, -0.15) is 0 Å². The molecule has 0 aliphatic carbocycles. The van der Waals surface area contributed by atoms with Crippen LogP contribution < -0.4 is 11.1 Å². The molecular formula is C14H29N3O2. The lowest BCUT2D eigenvalue weighted by Crippen LogP contribution is -2.39. The fraction of sp³-hybridized carbons (Fsp3) is 0.929. The van der Waals surface area contributed by atoms with Gasteiger partial charge in [-0.05, 0) is 66.1 Å². The quantitative estimate of drug-likeness (QED) is 0.796. The summed E-state index contributed by atoms with van der Waals surface area (Å²) in [4.78, 5) is 14.0. The monoisotopic (exact) mass is 271 g/mol. The van der Waals surface area contributed by atoms with E-state index in [2.05, 4.69) is 17.3 Å². The van der Waals surface area contributed by atoms with Gasteiger partial charge in [-0.3, -0.25) is 0 Å². The zero-order valence-electron chi connectivity index (χ0n) is 12.7. The summed E-state index contributed by atoms with van der Waals surface area (Å²) in [7, 11) is 2.16. The van der Waals surface area contributed by atoms with E-state index in [-0.39, 0.29) is 6.09 Å². The average Bonchev–Trinajstić information content (AvgIpc) is 2.67. The molecule has 1 amide bonds. The number of hydrogen-bond donors (Lipinski definition) is 2. The molecule has 0 saturated carbocycles. The summed E-state index contributed by atoms with van der Waals surface area (Å²) in [6, 6.07) is 0.606. The fourth-order valence-electron chi connectivity index (χ4n) is 2.47. The highest BCUT2D eigenvalue weighted by atomic mass is 16.6. The van der Waals surface area contributed by atoms with Crippen LogP contribution in [-0.2, 0) is 4.74 Å². The minimum Gasteiger partial charge on any atom is -0.444 e. The van der Waals surface area contributed by atoms with Crippen LogP contribution in [0.1, 0.15) is 40.0 Å². The highest BCUT2D eigenvalue weighted by molar-refractivity contribution is 5.67. The van der Waals surface area contributed by atoms with Gasteiger partial charge in [-0.1, -0.05) is 0 Å². The van der Waals surface area contributed by atoms with E-state index in [4.69, 9.17) is 10.5 Å². The van der Waals surface area contributed by atoms with Gasteiger partial charge in [-0.25, -0.2) is 4.79 Å². The first-order valence-electron chi connectivity index (χ1n) is 7.19. The minimum atomic E-state index is -0.450. The van der Waals surface area contributed by atoms with Gasteiger partial charge in [0.1, 0.15) is 5.60 Å². The Kier molecular flexibility index (Phi) is 6.07. The zero-order chi connectivity index (χ0) is 14.5. The van der Waals surface area contributed by atoms with Crippen LogP contribution in [0.25, 0.3) is 0 Å². The number of ether oxygens (including phenoxy) is 1. The van der Waals surface area contributed by atoms with Crippen molar-refractivity contribution in [3.05, 3.63) is 0 Å². The van der Waals surface area contributed by atoms with Crippen molar-refractivity contribution in [1.29, 1.82) is 0 Å². The van der Waals surface area contributed by atoms with Crippen molar-refractivity contribution in [2.24, 2.45) is 11.7 Å². The number of carbonyl (C=O) groups excluding carboxylic acids is 1. The van der Waals surface area contributed by atoms with E-state index in [1.807, 2.05) is 20.8 Å². The molecule has 0 radical (unpaired) electrons. The molecule has 0 aromatic heterocycles. The molecule has 5 heteroatoms. The predicted octanol–water partition coefficient (Wildman–Crippen LogP) is 1.57. The van der Waals surface area contributed by atoms with Gasteiger partial charge >= 0.3 is 6.09 Å². The van der Waals surface area contributed by atoms with E-state index in [1.54, 1.807) is 0 Å². The molecule has 112 valence electrons. The number of alkyl carbamates (subject to hydrolysis) is 1. The maximum atomic E-state index is 11.6. The lowest BCUT2D eigenvalue weighted by Gasteiger charge is -2.25. The van der Waals surface area contributed by atoms with Gasteiger partial charge in [-0.15, -0.1) is 0 Å². The number of nitrogens with zero attached hydrogens (tertiary/aromatic N) is 1. The van der Waals surface area contributed by atoms with Crippen molar-refractivity contribution < 1.29 is 9.53 Å². The van der Waals surface area contributed by atoms with Gasteiger partial charge in [0.25, 0.3) is 0 Å². The molecule has 0 bridgehead atoms. The maximum Gasteiger partial charge on any atom is 0.407 e. The van der Waals surface area contributed by atoms with Gasteiger partial charge < -0.3 is 20.7 Å². The van der Waals surface area contributed by atoms with Crippen LogP contribution in [0, 0.1) is 5.92 Å². The summed E-state index contributed by atoms with van der Waals surface area (Å²) in [5, 5.41) is 2.82. The van der Waals surface area contributed by atoms with Crippen molar-refractivity contribution in [2.45, 2.75) is 51.7 Å². The summed E-state index contributed by atoms with van der Waals surface area (Å²) >= 11 is 0. The van der Waals surface area contributed by atoms with Gasteiger partial charge in [0, 0.05) is 12.6 Å². The Labute approximate surface area is 116 Å². The Hall–Kier alpha value is -0.810. The summed E-state index contributed by atoms with van der Waals surface area (Å²) in [6.45, 7) is 7.94. The molecule has 1 aliphatic heterocycles. The Morgan fingerprint density at radius 3 is 2.68 bits per heavy atom. The number of nitrogens with one attached hydrogen (secondary N) is 1. The fourth-order valence-corrected chi connectivity index (χ4v) is 2.47. The van der Waals surface area contributed by atoms with E-state index in [0.29, 0.717) is 25.0 Å². The number of likely N-dealkylation sites (tertiary alicyclic amines) is 1. The van der Waals surface area contributed by atoms with Crippen molar-refractivity contribution >= 4 is 6.09 Å². The second-order valence-electron chi connectivity index (χ2n) is 6.50. The standard InChI is InChI=1S/C14H29N3O2/c1-14(2,3)19-13(18)16-10-11(9-15)8-12-6-5-7-17(12)4/h11-12H,5-10,15H2,1-4H3,(H,16,18). The summed E-state index contributed by atoms with van der Waals surface area (Å²) in [6.07, 6.45) is 3.19. The number of rotatable bonds is 5. The summed E-state index contributed by atoms with van der Waals surface area (Å²) in [5.74, 6) is 0.318. The molecule has 2 atom stereocenters. The smallest absolute Gasteiger partial charge is 0.407 e. The first-order valence-corrected chi connectivity index (χ1v) is 7.19. The first-order chi connectivity index (χ1) is 8.81. The normalized spacial score (nSPS) is 22.3. The van der Waals surface area contributed by atoms with E-state index in [1.165, 1.54) is 19.4 Å². The Bertz CT molecular complexity index is 289. The number of carbonyl (C=O) groups is 1. The van der Waals surface area contributed by atoms with E-state index >= 15 is 0 Å². The molecule has 5 nitrogen and oxygen atoms in total. The first kappa shape index (κ1) is 16.2. The Morgan fingerprint density at radius 1 is 1.53 bits per heavy atom. The van der Waals surface area contributed by atoms with Gasteiger partial charge in [0.2, 0.25) is 0 Å². The molecule has 1 saturated heterocycles. The molecule has 1 heterocycles. The predicted molar refractivity (Wildman–Crippen MR) is 77.1 cm³/mol. The molecule has 3 N–H and O–H groups in total. The molecule has 1 fully saturated rings. The van der Waals surface area contributed by atoms with E-state index in [9.17, 15) is 4.79 Å². The lowest BCUT2D eigenvalue weighted by molar-refractivity contribution is 0.0517. The third-order valence-corrected chi connectivity index (χ3v) is 3.54. The molecule has 0 aromatic rings. The van der Waals surface area contributed by atoms with Crippen LogP contribution >= 0.6 is 0 Å². The molecule has 0 aromatic carbocycles. The number of hydrogen-bond acceptors (Lipinski definition) is 4. The van der Waals surface area contributed by atoms with E-state index in [0.717, 1.165) is 6.42 Å². The molecule has 1 aliphatic rings. The molecule has 19 heavy (non-hydrogen) atoms. The van der Waals surface area contributed by atoms with Crippen LogP contribution in [0.3, 0.4) is 0 Å². The highest BCUT2D eigenvalue weighted by Crippen LogP contribution is 2.21. The third kappa shape index (κ3) is 6.25. The summed E-state index contributed by atoms with van der Waals surface area (Å²) < 4.78 is 5.22. The Balaban J connectivity index is 2.30. The van der Waals surface area contributed by atoms with E-state index < -0.39 is 5.60 Å². The SMILES string of the molecule is CN1CCCC1CC(CN)CNC(=O)OC(C)(C)C. The van der Waals surface area contributed by atoms with Crippen LogP contribution in [-0.4, -0.2) is 49.3 Å². The van der Waals surface area contributed by atoms with Crippen molar-refractivity contribution in [2.75, 3.05) is 26.7 Å². The van der Waals surface area contributed by atoms with Crippen LogP contribution in [0.15, 0.2) is 0 Å². The molecule has 2 unspecified atom stereocenters. The van der Waals surface area contributed by atoms with Crippen molar-refractivity contribution in [3.8, 4) is 0 Å². The van der Waals surface area contributed by atoms with Gasteiger partial charge in [0.15, 0.2) is 0 Å². The zero-order valence-corrected chi connectivity index (χ0v) is 12.7. The largest absolute Gasteiger partial charge is 0.444 e. The number of nitrogens with two attached hydrogens (primary N) is 1. The third-order valence-electron chi connectivity index (χ3n) is 3.54. The molecular weight excluding hydrogens is 242 g/mol. The van der Waals surface area contributed by atoms with Crippen molar-refractivity contribution in [3.63, 3.8) is 0 Å². The lowest BCUT2D eigenvalue weighted by atomic mass is 9.98. The highest BCUT2D eigenvalue weighted by Gasteiger charge is 2.24. The Morgan fingerprint density at radius 2 is 2.21 bits per heavy atom. The van der Waals surface area contributed by atoms with Crippen molar-refractivity contribution in [1.82, 2.24) is 10.2 Å². The topological polar surface area (TPSA) is 67.6 Å². The van der Waals surface area contributed by atoms with Crippen LogP contribution in [0.2, 0.25) is 0 Å². The molecule has 1 rings (SSSR count). The average molecular weight is 271 g/mol. The summed E-state index contributed by atoms with van der Waals surface area (Å²) in [5.41, 5.74) is 5.35. The maximum absolute atomic E-state index is 11.6. The second-order valence-corrected chi connectivity index (χ2v) is 6.50. The van der Waals surface area contributed by atoms with Crippen LogP contribution in [0.5, 0.6) is 0 Å².